The Hall–Kier alpha value is -19.7. The Morgan fingerprint density at radius 1 is 0.167 bits per heavy atom. The number of benzene rings is 21. The second-order valence-corrected chi connectivity index (χ2v) is 40.5. The van der Waals surface area contributed by atoms with Crippen molar-refractivity contribution < 1.29 is 22.1 Å². The molecule has 150 heavy (non-hydrogen) atoms. The molecule has 14 nitrogen and oxygen atoms in total. The van der Waals surface area contributed by atoms with Crippen molar-refractivity contribution in [2.24, 2.45) is 0 Å². The molecular formula is C136H85N5O9. The van der Waals surface area contributed by atoms with Crippen molar-refractivity contribution in [2.45, 2.75) is 38.5 Å². The zero-order valence-electron chi connectivity index (χ0n) is 81.6. The molecule has 0 N–H and O–H groups in total. The lowest BCUT2D eigenvalue weighted by atomic mass is 9.80. The average Bonchev–Trinajstić information content (AvgIpc) is 1.55. The molecule has 2 aliphatic carbocycles. The van der Waals surface area contributed by atoms with Crippen LogP contribution in [-0.2, 0) is 10.8 Å². The van der Waals surface area contributed by atoms with E-state index < -0.39 is 0 Å². The molecule has 10 aromatic heterocycles. The van der Waals surface area contributed by atoms with Crippen molar-refractivity contribution in [1.82, 2.24) is 22.8 Å². The Balaban J connectivity index is 0.0000000920. The Bertz CT molecular complexity index is 11600. The third-order valence-electron chi connectivity index (χ3n) is 31.8. The van der Waals surface area contributed by atoms with Gasteiger partial charge in [0.25, 0.3) is 0 Å². The zero-order valence-corrected chi connectivity index (χ0v) is 81.6. The van der Waals surface area contributed by atoms with Crippen molar-refractivity contribution in [3.05, 3.63) is 507 Å². The molecule has 0 radical (unpaired) electrons. The van der Waals surface area contributed by atoms with Crippen molar-refractivity contribution in [3.8, 4) is 50.7 Å². The lowest BCUT2D eigenvalue weighted by Crippen LogP contribution is -2.15. The van der Waals surface area contributed by atoms with Gasteiger partial charge in [-0.05, 0) is 202 Å². The van der Waals surface area contributed by atoms with Gasteiger partial charge >= 0.3 is 22.5 Å². The summed E-state index contributed by atoms with van der Waals surface area (Å²) in [6.45, 7) is 9.29. The first-order valence-corrected chi connectivity index (χ1v) is 50.6. The van der Waals surface area contributed by atoms with Gasteiger partial charge in [0, 0.05) is 147 Å². The van der Waals surface area contributed by atoms with Crippen LogP contribution in [0.15, 0.2) is 484 Å². The van der Waals surface area contributed by atoms with Crippen LogP contribution in [0.1, 0.15) is 49.9 Å². The first-order chi connectivity index (χ1) is 73.6. The molecule has 0 fully saturated rings. The van der Waals surface area contributed by atoms with Gasteiger partial charge < -0.3 is 44.9 Å². The van der Waals surface area contributed by atoms with Crippen LogP contribution in [0.2, 0.25) is 0 Å². The number of rotatable bonds is 5. The number of hydrogen-bond donors (Lipinski definition) is 0. The smallest absolute Gasteiger partial charge is 0.344 e. The largest absolute Gasteiger partial charge is 0.456 e. The van der Waals surface area contributed by atoms with Crippen LogP contribution in [0.3, 0.4) is 0 Å². The molecule has 31 aromatic rings. The van der Waals surface area contributed by atoms with E-state index in [-0.39, 0.29) is 33.3 Å². The van der Waals surface area contributed by atoms with Gasteiger partial charge in [0.1, 0.15) is 33.5 Å². The van der Waals surface area contributed by atoms with Crippen LogP contribution in [-0.4, -0.2) is 22.8 Å². The van der Waals surface area contributed by atoms with Gasteiger partial charge in [0.05, 0.1) is 76.7 Å². The van der Waals surface area contributed by atoms with Gasteiger partial charge in [-0.15, -0.1) is 0 Å². The summed E-state index contributed by atoms with van der Waals surface area (Å²) >= 11 is 0. The van der Waals surface area contributed by atoms with Gasteiger partial charge in [-0.2, -0.15) is 0 Å². The predicted molar refractivity (Wildman–Crippen MR) is 614 cm³/mol. The molecule has 708 valence electrons. The molecular weight excluding hydrogens is 1850 g/mol. The minimum Gasteiger partial charge on any atom is -0.456 e. The molecule has 0 amide bonds. The van der Waals surface area contributed by atoms with Crippen molar-refractivity contribution in [3.63, 3.8) is 0 Å². The predicted octanol–water partition coefficient (Wildman–Crippen LogP) is 33.8. The summed E-state index contributed by atoms with van der Waals surface area (Å²) in [5.74, 6) is 0. The molecule has 0 aliphatic heterocycles. The maximum Gasteiger partial charge on any atom is 0.344 e. The van der Waals surface area contributed by atoms with E-state index in [9.17, 15) is 19.2 Å². The Kier molecular flexibility index (Phi) is 18.5. The molecule has 14 heteroatoms. The fourth-order valence-corrected chi connectivity index (χ4v) is 25.4. The Labute approximate surface area is 853 Å². The van der Waals surface area contributed by atoms with Crippen molar-refractivity contribution in [2.75, 3.05) is 0 Å². The van der Waals surface area contributed by atoms with Crippen molar-refractivity contribution >= 4 is 218 Å². The monoisotopic (exact) mass is 1930 g/mol. The van der Waals surface area contributed by atoms with Gasteiger partial charge in [0.15, 0.2) is 0 Å². The highest BCUT2D eigenvalue weighted by Gasteiger charge is 2.40. The molecule has 0 unspecified atom stereocenters. The van der Waals surface area contributed by atoms with Crippen LogP contribution in [0.5, 0.6) is 0 Å². The number of para-hydroxylation sites is 11. The second kappa shape index (κ2) is 32.4. The minimum atomic E-state index is -0.329. The summed E-state index contributed by atoms with van der Waals surface area (Å²) < 4.78 is 40.3. The van der Waals surface area contributed by atoms with E-state index in [0.29, 0.717) is 43.9 Å². The molecule has 10 heterocycles. The van der Waals surface area contributed by atoms with Gasteiger partial charge in [-0.25, -0.2) is 19.2 Å². The summed E-state index contributed by atoms with van der Waals surface area (Å²) in [4.78, 5) is 52.1. The SMILES string of the molecule is CC1(C)c2ccccc2-c2c1ccc1c2c2ccccc2n1-c1ccc2c(c1)c(=O)oc1ccccc12.CC1(C)c2ccccc2-c2ccc3c(c21)c1ccccc1n3-c1ccc2c(c1)c(=O)oc1ccccc12.O=c1oc2ccccc2c2ccc(-n3c4ccccc4c4c5c(ccc43)oc3ccccc35)cc12.O=c1oc2ccccc2c2ccc(-n3c4ccccc4c4c5c6ccccc6n(-c6ccccc6)c5ccc43)cc12. The van der Waals surface area contributed by atoms with Gasteiger partial charge in [-0.1, -0.05) is 313 Å². The number of hydrogen-bond acceptors (Lipinski definition) is 9. The summed E-state index contributed by atoms with van der Waals surface area (Å²) in [7, 11) is 0. The van der Waals surface area contributed by atoms with Crippen LogP contribution in [0, 0.1) is 0 Å². The van der Waals surface area contributed by atoms with E-state index in [1.165, 1.54) is 98.6 Å². The maximum absolute atomic E-state index is 13.1. The third kappa shape index (κ3) is 12.5. The lowest BCUT2D eigenvalue weighted by molar-refractivity contribution is 0.569. The van der Waals surface area contributed by atoms with Crippen molar-refractivity contribution in [1.29, 1.82) is 0 Å². The second-order valence-electron chi connectivity index (χ2n) is 40.5. The quantitative estimate of drug-likeness (QED) is 0.121. The molecule has 2 aliphatic rings. The topological polar surface area (TPSA) is 159 Å². The molecule has 0 saturated carbocycles. The van der Waals surface area contributed by atoms with Gasteiger partial charge in [0.2, 0.25) is 0 Å². The third-order valence-corrected chi connectivity index (χ3v) is 31.8. The summed E-state index contributed by atoms with van der Waals surface area (Å²) in [5.41, 5.74) is 29.5. The number of furan rings is 1. The maximum atomic E-state index is 13.1. The summed E-state index contributed by atoms with van der Waals surface area (Å²) in [6, 6.07) is 152. The standard InChI is InChI=1S/C37H22N2O2.2C34H23NO2.C31H17NO3/c40-37-29-22-24(18-19-25(29)26-12-6-9-17-34(26)41-37)39-31-16-8-5-14-28(31)36-33(39)21-20-32-35(36)27-13-4-7-15-30(27)38(32)23-10-2-1-3-11-23;1-34(2)26-12-6-3-10-23(26)31-27(34)17-18-29-32(31)24-11-4-7-13-28(24)35(29)20-15-16-21-22-9-5-8-14-30(22)37-33(36)25(21)19-20;1-34(2)27-12-6-3-9-22(27)24-17-18-29-31(32(24)34)25-11-4-7-13-28(25)35(29)20-15-16-21-23-10-5-8-14-30(23)37-33(36)26(21)19-20;33-31-23-17-18(13-14-19(23)20-7-2-5-11-26(20)35-31)32-24-10-4-1-8-21(24)29-25(32)15-16-28-30(29)22-9-3-6-12-27(22)34-28/h1-22H;2*3-19H,1-2H3;1-17H. The summed E-state index contributed by atoms with van der Waals surface area (Å²) in [6.07, 6.45) is 0. The first kappa shape index (κ1) is 85.8. The molecule has 0 saturated heterocycles. The lowest BCUT2D eigenvalue weighted by Gasteiger charge is -2.22. The molecule has 0 bridgehead atoms. The van der Waals surface area contributed by atoms with E-state index in [4.69, 9.17) is 22.1 Å². The van der Waals surface area contributed by atoms with Crippen LogP contribution in [0.25, 0.3) is 269 Å². The minimum absolute atomic E-state index is 0.0632. The summed E-state index contributed by atoms with van der Waals surface area (Å²) in [5, 5.41) is 24.0. The molecule has 21 aromatic carbocycles. The average molecular weight is 1930 g/mol. The number of nitrogens with zero attached hydrogens (tertiary/aromatic N) is 5. The highest BCUT2D eigenvalue weighted by Crippen LogP contribution is 2.57. The van der Waals surface area contributed by atoms with Crippen LogP contribution >= 0.6 is 0 Å². The fraction of sp³-hybridized carbons (Fsp3) is 0.0441. The van der Waals surface area contributed by atoms with E-state index in [1.807, 2.05) is 164 Å². The first-order valence-electron chi connectivity index (χ1n) is 50.6. The van der Waals surface area contributed by atoms with E-state index in [2.05, 4.69) is 330 Å². The Morgan fingerprint density at radius 2 is 0.453 bits per heavy atom. The van der Waals surface area contributed by atoms with Gasteiger partial charge in [-0.3, -0.25) is 0 Å². The van der Waals surface area contributed by atoms with E-state index >= 15 is 0 Å². The number of fused-ring (bicyclic) bond motifs is 40. The van der Waals surface area contributed by atoms with E-state index in [0.717, 1.165) is 148 Å². The highest BCUT2D eigenvalue weighted by molar-refractivity contribution is 6.31. The zero-order chi connectivity index (χ0) is 100.0. The van der Waals surface area contributed by atoms with Crippen LogP contribution in [0.4, 0.5) is 0 Å². The van der Waals surface area contributed by atoms with Crippen LogP contribution < -0.4 is 22.5 Å². The number of aromatic nitrogens is 5. The Morgan fingerprint density at radius 3 is 0.867 bits per heavy atom. The molecule has 33 rings (SSSR count). The van der Waals surface area contributed by atoms with E-state index in [1.54, 1.807) is 0 Å². The fourth-order valence-electron chi connectivity index (χ4n) is 25.4. The normalized spacial score (nSPS) is 13.0. The highest BCUT2D eigenvalue weighted by atomic mass is 16.4. The molecule has 0 atom stereocenters. The molecule has 0 spiro atoms.